The van der Waals surface area contributed by atoms with Gasteiger partial charge in [0.25, 0.3) is 0 Å². The zero-order chi connectivity index (χ0) is 33.2. The second-order valence-electron chi connectivity index (χ2n) is 10.7. The highest BCUT2D eigenvalue weighted by Crippen LogP contribution is 2.05. The molecule has 18 nitrogen and oxygen atoms in total. The van der Waals surface area contributed by atoms with Crippen LogP contribution in [0.4, 0.5) is 0 Å². The van der Waals surface area contributed by atoms with E-state index in [0.717, 1.165) is 0 Å². The van der Waals surface area contributed by atoms with Crippen LogP contribution < -0.4 is 10.6 Å². The van der Waals surface area contributed by atoms with E-state index in [9.17, 15) is 48.9 Å². The van der Waals surface area contributed by atoms with Crippen molar-refractivity contribution in [2.45, 2.75) is 44.7 Å². The number of nitrogens with one attached hydrogen (secondary N) is 2. The predicted molar refractivity (Wildman–Crippen MR) is 152 cm³/mol. The van der Waals surface area contributed by atoms with Crippen LogP contribution in [0.2, 0.25) is 0 Å². The number of carbonyl (C=O) groups excluding carboxylic acids is 2. The molecule has 2 amide bonds. The molecule has 0 bridgehead atoms. The molecule has 7 N–H and O–H groups in total. The highest BCUT2D eigenvalue weighted by molar-refractivity contribution is 5.88. The molecule has 0 saturated carbocycles. The van der Waals surface area contributed by atoms with Crippen LogP contribution in [0, 0.1) is 0 Å². The molecule has 0 radical (unpaired) electrons. The number of carboxylic acid groups (broad SMARTS) is 5. The first kappa shape index (κ1) is 38.2. The number of rotatable bonds is 17. The summed E-state index contributed by atoms with van der Waals surface area (Å²) >= 11 is 0. The van der Waals surface area contributed by atoms with Crippen molar-refractivity contribution in [2.24, 2.45) is 0 Å². The van der Waals surface area contributed by atoms with E-state index in [2.05, 4.69) is 10.6 Å². The Hall–Kier alpha value is -3.87. The van der Waals surface area contributed by atoms with Crippen molar-refractivity contribution in [1.29, 1.82) is 0 Å². The molecule has 1 heterocycles. The zero-order valence-corrected chi connectivity index (χ0v) is 24.9. The van der Waals surface area contributed by atoms with Gasteiger partial charge in [-0.05, 0) is 19.8 Å². The van der Waals surface area contributed by atoms with E-state index in [4.69, 9.17) is 10.2 Å². The highest BCUT2D eigenvalue weighted by Gasteiger charge is 2.25. The third kappa shape index (κ3) is 17.9. The van der Waals surface area contributed by atoms with Crippen molar-refractivity contribution in [2.75, 3.05) is 78.5 Å². The van der Waals surface area contributed by atoms with E-state index in [0.29, 0.717) is 0 Å². The van der Waals surface area contributed by atoms with Crippen LogP contribution in [0.3, 0.4) is 0 Å². The normalized spacial score (nSPS) is 17.8. The van der Waals surface area contributed by atoms with Crippen LogP contribution in [0.1, 0.15) is 32.6 Å². The van der Waals surface area contributed by atoms with Crippen LogP contribution in [0.25, 0.3) is 0 Å². The first-order valence-corrected chi connectivity index (χ1v) is 14.2. The fourth-order valence-electron chi connectivity index (χ4n) is 4.52. The number of hydrogen-bond acceptors (Lipinski definition) is 11. The lowest BCUT2D eigenvalue weighted by atomic mass is 10.1. The minimum atomic E-state index is -1.22. The Kier molecular flexibility index (Phi) is 17.5. The van der Waals surface area contributed by atoms with Gasteiger partial charge in [-0.1, -0.05) is 0 Å². The van der Waals surface area contributed by atoms with Gasteiger partial charge in [-0.25, -0.2) is 0 Å². The molecule has 44 heavy (non-hydrogen) atoms. The summed E-state index contributed by atoms with van der Waals surface area (Å²) in [4.78, 5) is 88.6. The van der Waals surface area contributed by atoms with Crippen LogP contribution in [0.5, 0.6) is 0 Å². The van der Waals surface area contributed by atoms with Gasteiger partial charge in [-0.15, -0.1) is 0 Å². The third-order valence-electron chi connectivity index (χ3n) is 6.85. The topological polar surface area (TPSA) is 258 Å². The number of hydrogen-bond donors (Lipinski definition) is 7. The molecule has 1 saturated heterocycles. The zero-order valence-electron chi connectivity index (χ0n) is 24.9. The average Bonchev–Trinajstić information content (AvgIpc) is 2.90. The van der Waals surface area contributed by atoms with Gasteiger partial charge in [0.1, 0.15) is 6.04 Å². The van der Waals surface area contributed by atoms with E-state index >= 15 is 0 Å². The minimum absolute atomic E-state index is 0.127. The lowest BCUT2D eigenvalue weighted by Crippen LogP contribution is -2.53. The Balaban J connectivity index is 3.05. The van der Waals surface area contributed by atoms with Crippen LogP contribution >= 0.6 is 0 Å². The first-order chi connectivity index (χ1) is 20.6. The maximum atomic E-state index is 13.1. The Labute approximate surface area is 254 Å². The number of aliphatic carboxylic acids is 5. The smallest absolute Gasteiger partial charge is 0.317 e. The maximum Gasteiger partial charge on any atom is 0.317 e. The van der Waals surface area contributed by atoms with Crippen molar-refractivity contribution in [1.82, 2.24) is 30.2 Å². The van der Waals surface area contributed by atoms with E-state index in [1.165, 1.54) is 0 Å². The average molecular weight is 633 g/mol. The van der Waals surface area contributed by atoms with Crippen molar-refractivity contribution in [3.8, 4) is 0 Å². The second-order valence-corrected chi connectivity index (χ2v) is 10.7. The summed E-state index contributed by atoms with van der Waals surface area (Å²) in [6.45, 7) is 1.92. The number of amides is 2. The molecule has 1 rings (SSSR count). The standard InChI is InChI=1S/C26H44N6O12/c1-18(2-4-21(34)35)27-26(44)19(3-5-22(36)37)28-20(33)14-29-6-8-30(15-23(38)39)10-12-32(17-25(42)43)13-11-31(9-7-29)16-24(40)41/h18-19H,2-17H2,1H3,(H,27,44)(H,28,33)(H,34,35)(H,36,37)(H,38,39)(H,40,41)(H,42,43). The molecular formula is C26H44N6O12. The van der Waals surface area contributed by atoms with E-state index in [-0.39, 0.29) is 97.8 Å². The summed E-state index contributed by atoms with van der Waals surface area (Å²) in [7, 11) is 0. The Bertz CT molecular complexity index is 980. The van der Waals surface area contributed by atoms with E-state index < -0.39 is 60.2 Å². The Morgan fingerprint density at radius 3 is 1.20 bits per heavy atom. The van der Waals surface area contributed by atoms with Crippen LogP contribution in [0.15, 0.2) is 0 Å². The monoisotopic (exact) mass is 632 g/mol. The molecule has 18 heteroatoms. The minimum Gasteiger partial charge on any atom is -0.481 e. The molecule has 0 spiro atoms. The molecule has 250 valence electrons. The van der Waals surface area contributed by atoms with Gasteiger partial charge in [0.2, 0.25) is 11.8 Å². The van der Waals surface area contributed by atoms with Crippen LogP contribution in [-0.2, 0) is 33.6 Å². The first-order valence-electron chi connectivity index (χ1n) is 14.2. The molecule has 2 atom stereocenters. The maximum absolute atomic E-state index is 13.1. The molecule has 1 aliphatic rings. The van der Waals surface area contributed by atoms with Gasteiger partial charge in [0.05, 0.1) is 26.2 Å². The van der Waals surface area contributed by atoms with Gasteiger partial charge in [0, 0.05) is 71.2 Å². The third-order valence-corrected chi connectivity index (χ3v) is 6.85. The number of carboxylic acids is 5. The number of carbonyl (C=O) groups is 7. The van der Waals surface area contributed by atoms with Crippen molar-refractivity contribution in [3.05, 3.63) is 0 Å². The molecule has 1 fully saturated rings. The van der Waals surface area contributed by atoms with Gasteiger partial charge < -0.3 is 36.2 Å². The summed E-state index contributed by atoms with van der Waals surface area (Å²) in [5.74, 6) is -6.78. The molecule has 2 unspecified atom stereocenters. The van der Waals surface area contributed by atoms with E-state index in [1.807, 2.05) is 0 Å². The van der Waals surface area contributed by atoms with Crippen LogP contribution in [-0.4, -0.2) is 177 Å². The lowest BCUT2D eigenvalue weighted by molar-refractivity contribution is -0.140. The van der Waals surface area contributed by atoms with Gasteiger partial charge >= 0.3 is 29.8 Å². The largest absolute Gasteiger partial charge is 0.481 e. The second kappa shape index (κ2) is 20.2. The molecular weight excluding hydrogens is 588 g/mol. The van der Waals surface area contributed by atoms with E-state index in [1.54, 1.807) is 26.5 Å². The van der Waals surface area contributed by atoms with Gasteiger partial charge in [0.15, 0.2) is 0 Å². The molecule has 0 aromatic rings. The predicted octanol–water partition coefficient (Wildman–Crippen LogP) is -2.82. The summed E-state index contributed by atoms with van der Waals surface area (Å²) in [5.41, 5.74) is 0. The Morgan fingerprint density at radius 2 is 0.864 bits per heavy atom. The SMILES string of the molecule is CC(CCC(=O)O)NC(=O)C(CCC(=O)O)NC(=O)CN1CCN(CC(=O)O)CCN(CC(=O)O)CCN(CC(=O)O)CC1. The lowest BCUT2D eigenvalue weighted by Gasteiger charge is -2.33. The summed E-state index contributed by atoms with van der Waals surface area (Å²) < 4.78 is 0. The van der Waals surface area contributed by atoms with Crippen molar-refractivity contribution in [3.63, 3.8) is 0 Å². The molecule has 0 aliphatic carbocycles. The fourth-order valence-corrected chi connectivity index (χ4v) is 4.52. The summed E-state index contributed by atoms with van der Waals surface area (Å²) in [6, 6.07) is -1.77. The van der Waals surface area contributed by atoms with Gasteiger partial charge in [-0.3, -0.25) is 53.2 Å². The van der Waals surface area contributed by atoms with Crippen molar-refractivity contribution >= 4 is 41.7 Å². The molecule has 0 aromatic carbocycles. The summed E-state index contributed by atoms with van der Waals surface area (Å²) in [5, 5.41) is 51.1. The molecule has 1 aliphatic heterocycles. The fraction of sp³-hybridized carbons (Fsp3) is 0.731. The molecule has 0 aromatic heterocycles. The quantitative estimate of drug-likeness (QED) is 0.0853. The highest BCUT2D eigenvalue weighted by atomic mass is 16.4. The summed E-state index contributed by atoms with van der Waals surface area (Å²) in [6.07, 6.45) is -0.705. The number of nitrogens with zero attached hydrogens (tertiary/aromatic N) is 4. The van der Waals surface area contributed by atoms with Crippen molar-refractivity contribution < 1.29 is 59.1 Å². The van der Waals surface area contributed by atoms with Gasteiger partial charge in [-0.2, -0.15) is 0 Å². The Morgan fingerprint density at radius 1 is 0.523 bits per heavy atom.